The van der Waals surface area contributed by atoms with Gasteiger partial charge in [0.25, 0.3) is 0 Å². The number of benzene rings is 1. The summed E-state index contributed by atoms with van der Waals surface area (Å²) in [5.74, 6) is -0.526. The molecule has 0 bridgehead atoms. The number of nitrogens with zero attached hydrogens (tertiary/aromatic N) is 2. The third-order valence-electron chi connectivity index (χ3n) is 6.58. The van der Waals surface area contributed by atoms with Crippen molar-refractivity contribution in [3.63, 3.8) is 0 Å². The fraction of sp³-hybridized carbons (Fsp3) is 0.448. The Labute approximate surface area is 223 Å². The zero-order valence-corrected chi connectivity index (χ0v) is 23.2. The van der Waals surface area contributed by atoms with E-state index in [2.05, 4.69) is 25.8 Å². The predicted octanol–water partition coefficient (Wildman–Crippen LogP) is 4.17. The van der Waals surface area contributed by atoms with Crippen LogP contribution in [0, 0.1) is 5.41 Å². The Balaban J connectivity index is 2.17. The SMILES string of the molecule is CCOC(=O)c1cn2c(cc1=O)-c1cc(OC)c(C(C=NC(C)C(=O)OCC)=CN)cc1CC2C(C)(C)C. The van der Waals surface area contributed by atoms with Crippen LogP contribution in [0.1, 0.15) is 69.1 Å². The van der Waals surface area contributed by atoms with Gasteiger partial charge in [-0.05, 0) is 50.3 Å². The van der Waals surface area contributed by atoms with Gasteiger partial charge in [-0.25, -0.2) is 9.59 Å². The Morgan fingerprint density at radius 3 is 2.42 bits per heavy atom. The van der Waals surface area contributed by atoms with Crippen LogP contribution in [-0.4, -0.2) is 49.1 Å². The number of hydrogen-bond donors (Lipinski definition) is 1. The summed E-state index contributed by atoms with van der Waals surface area (Å²) in [6, 6.07) is 4.60. The summed E-state index contributed by atoms with van der Waals surface area (Å²) in [6.07, 6.45) is 5.21. The maximum Gasteiger partial charge on any atom is 0.343 e. The van der Waals surface area contributed by atoms with Crippen molar-refractivity contribution in [2.45, 2.75) is 60.0 Å². The van der Waals surface area contributed by atoms with Gasteiger partial charge in [0.1, 0.15) is 17.4 Å². The maximum atomic E-state index is 13.0. The second-order valence-corrected chi connectivity index (χ2v) is 10.2. The molecule has 3 rings (SSSR count). The minimum absolute atomic E-state index is 0.0113. The molecule has 2 atom stereocenters. The number of esters is 2. The van der Waals surface area contributed by atoms with Gasteiger partial charge in [0.05, 0.1) is 26.0 Å². The number of aliphatic imine (C=N–C) groups is 1. The fourth-order valence-electron chi connectivity index (χ4n) is 4.56. The first-order chi connectivity index (χ1) is 18.0. The number of aromatic nitrogens is 1. The van der Waals surface area contributed by atoms with Crippen LogP contribution in [0.4, 0.5) is 0 Å². The number of rotatable bonds is 8. The number of carbonyl (C=O) groups excluding carboxylic acids is 2. The molecule has 2 aromatic rings. The maximum absolute atomic E-state index is 13.0. The lowest BCUT2D eigenvalue weighted by molar-refractivity contribution is -0.144. The zero-order chi connectivity index (χ0) is 28.2. The van der Waals surface area contributed by atoms with Gasteiger partial charge in [-0.15, -0.1) is 0 Å². The van der Waals surface area contributed by atoms with E-state index in [9.17, 15) is 14.4 Å². The molecule has 2 unspecified atom stereocenters. The second-order valence-electron chi connectivity index (χ2n) is 10.2. The van der Waals surface area contributed by atoms with Gasteiger partial charge in [-0.3, -0.25) is 9.79 Å². The molecule has 2 N–H and O–H groups in total. The van der Waals surface area contributed by atoms with Crippen LogP contribution < -0.4 is 15.9 Å². The molecule has 0 fully saturated rings. The Hall–Kier alpha value is -3.88. The van der Waals surface area contributed by atoms with Gasteiger partial charge in [0, 0.05) is 47.4 Å². The number of carbonyl (C=O) groups is 2. The molecule has 0 saturated heterocycles. The number of pyridine rings is 1. The van der Waals surface area contributed by atoms with Crippen molar-refractivity contribution in [3.8, 4) is 17.0 Å². The highest BCUT2D eigenvalue weighted by atomic mass is 16.5. The van der Waals surface area contributed by atoms with Crippen molar-refractivity contribution < 1.29 is 23.8 Å². The number of hydrogen-bond acceptors (Lipinski definition) is 8. The molecule has 9 heteroatoms. The standard InChI is InChI=1S/C29H37N3O6/c1-8-37-27(34)17(3)31-15-19(14-30)21-10-18-11-26(29(4,5)6)32-16-22(28(35)38-9-2)24(33)13-23(32)20(18)12-25(21)36-7/h10,12-17,26H,8-9,11,30H2,1-7H3. The first kappa shape index (κ1) is 28.7. The van der Waals surface area contributed by atoms with Crippen LogP contribution in [0.25, 0.3) is 16.8 Å². The summed E-state index contributed by atoms with van der Waals surface area (Å²) < 4.78 is 17.9. The summed E-state index contributed by atoms with van der Waals surface area (Å²) in [5, 5.41) is 0. The van der Waals surface area contributed by atoms with Crippen molar-refractivity contribution in [1.29, 1.82) is 0 Å². The summed E-state index contributed by atoms with van der Waals surface area (Å²) in [4.78, 5) is 41.8. The molecular weight excluding hydrogens is 486 g/mol. The smallest absolute Gasteiger partial charge is 0.343 e. The number of ether oxygens (including phenoxy) is 3. The summed E-state index contributed by atoms with van der Waals surface area (Å²) in [7, 11) is 1.55. The second kappa shape index (κ2) is 11.7. The number of allylic oxidation sites excluding steroid dienone is 1. The highest BCUT2D eigenvalue weighted by Crippen LogP contribution is 2.45. The molecule has 9 nitrogen and oxygen atoms in total. The molecule has 1 aromatic carbocycles. The van der Waals surface area contributed by atoms with E-state index in [-0.39, 0.29) is 30.2 Å². The van der Waals surface area contributed by atoms with Gasteiger partial charge in [-0.1, -0.05) is 20.8 Å². The molecule has 0 amide bonds. The lowest BCUT2D eigenvalue weighted by atomic mass is 9.78. The van der Waals surface area contributed by atoms with Crippen LogP contribution in [0.2, 0.25) is 0 Å². The highest BCUT2D eigenvalue weighted by molar-refractivity contribution is 6.11. The van der Waals surface area contributed by atoms with E-state index < -0.39 is 23.4 Å². The Kier molecular flexibility index (Phi) is 8.81. The highest BCUT2D eigenvalue weighted by Gasteiger charge is 2.34. The molecule has 1 aromatic heterocycles. The average Bonchev–Trinajstić information content (AvgIpc) is 2.87. The van der Waals surface area contributed by atoms with E-state index in [0.29, 0.717) is 29.0 Å². The molecule has 1 aliphatic heterocycles. The lowest BCUT2D eigenvalue weighted by Gasteiger charge is -2.39. The monoisotopic (exact) mass is 523 g/mol. The molecule has 2 heterocycles. The molecule has 38 heavy (non-hydrogen) atoms. The number of fused-ring (bicyclic) bond motifs is 3. The minimum Gasteiger partial charge on any atom is -0.496 e. The van der Waals surface area contributed by atoms with E-state index in [1.807, 2.05) is 16.7 Å². The van der Waals surface area contributed by atoms with E-state index in [1.54, 1.807) is 40.3 Å². The largest absolute Gasteiger partial charge is 0.496 e. The molecule has 0 aliphatic carbocycles. The van der Waals surface area contributed by atoms with E-state index in [4.69, 9.17) is 19.9 Å². The molecule has 1 aliphatic rings. The summed E-state index contributed by atoms with van der Waals surface area (Å²) >= 11 is 0. The zero-order valence-electron chi connectivity index (χ0n) is 23.2. The van der Waals surface area contributed by atoms with Gasteiger partial charge < -0.3 is 24.5 Å². The van der Waals surface area contributed by atoms with Crippen molar-refractivity contribution in [1.82, 2.24) is 4.57 Å². The quantitative estimate of drug-likeness (QED) is 0.407. The topological polar surface area (TPSA) is 122 Å². The first-order valence-corrected chi connectivity index (χ1v) is 12.7. The van der Waals surface area contributed by atoms with Gasteiger partial charge in [-0.2, -0.15) is 0 Å². The first-order valence-electron chi connectivity index (χ1n) is 12.7. The number of nitrogens with two attached hydrogens (primary N) is 1. The van der Waals surface area contributed by atoms with Crippen molar-refractivity contribution in [2.75, 3.05) is 20.3 Å². The predicted molar refractivity (Wildman–Crippen MR) is 148 cm³/mol. The third kappa shape index (κ3) is 5.82. The Morgan fingerprint density at radius 2 is 1.84 bits per heavy atom. The van der Waals surface area contributed by atoms with Gasteiger partial charge in [0.15, 0.2) is 5.43 Å². The number of methoxy groups -OCH3 is 1. The molecule has 0 spiro atoms. The molecular formula is C29H37N3O6. The van der Waals surface area contributed by atoms with Crippen molar-refractivity contribution in [3.05, 3.63) is 57.5 Å². The van der Waals surface area contributed by atoms with Gasteiger partial charge in [0.2, 0.25) is 0 Å². The average molecular weight is 524 g/mol. The van der Waals surface area contributed by atoms with Crippen LogP contribution >= 0.6 is 0 Å². The van der Waals surface area contributed by atoms with Gasteiger partial charge >= 0.3 is 11.9 Å². The lowest BCUT2D eigenvalue weighted by Crippen LogP contribution is -2.33. The van der Waals surface area contributed by atoms with E-state index in [0.717, 1.165) is 11.1 Å². The molecule has 204 valence electrons. The summed E-state index contributed by atoms with van der Waals surface area (Å²) in [6.45, 7) is 11.9. The van der Waals surface area contributed by atoms with E-state index >= 15 is 0 Å². The van der Waals surface area contributed by atoms with Crippen molar-refractivity contribution in [2.24, 2.45) is 16.1 Å². The van der Waals surface area contributed by atoms with E-state index in [1.165, 1.54) is 12.3 Å². The Bertz CT molecular complexity index is 1330. The van der Waals surface area contributed by atoms with Crippen LogP contribution in [0.15, 0.2) is 40.4 Å². The Morgan fingerprint density at radius 1 is 1.16 bits per heavy atom. The minimum atomic E-state index is -0.689. The molecule has 0 saturated carbocycles. The molecule has 0 radical (unpaired) electrons. The van der Waals surface area contributed by atoms with Crippen LogP contribution in [0.5, 0.6) is 5.75 Å². The van der Waals surface area contributed by atoms with Crippen LogP contribution in [-0.2, 0) is 20.7 Å². The third-order valence-corrected chi connectivity index (χ3v) is 6.58. The summed E-state index contributed by atoms with van der Waals surface area (Å²) in [5.41, 5.74) is 9.18. The fourth-order valence-corrected chi connectivity index (χ4v) is 4.56. The van der Waals surface area contributed by atoms with Crippen LogP contribution in [0.3, 0.4) is 0 Å². The normalized spacial score (nSPS) is 16.0. The van der Waals surface area contributed by atoms with Crippen molar-refractivity contribution >= 4 is 23.7 Å².